The summed E-state index contributed by atoms with van der Waals surface area (Å²) in [5, 5.41) is 3.59. The van der Waals surface area contributed by atoms with Gasteiger partial charge in [-0.1, -0.05) is 0 Å². The summed E-state index contributed by atoms with van der Waals surface area (Å²) in [6.07, 6.45) is 1.75. The Labute approximate surface area is 39.8 Å². The monoisotopic (exact) mass is 184 g/mol. The second-order valence-corrected chi connectivity index (χ2v) is 2.43. The van der Waals surface area contributed by atoms with Gasteiger partial charge in [-0.25, -0.2) is 0 Å². The summed E-state index contributed by atoms with van der Waals surface area (Å²) >= 11 is -0.118. The van der Waals surface area contributed by atoms with E-state index in [0.717, 1.165) is 0 Å². The first-order chi connectivity index (χ1) is 2.50. The van der Waals surface area contributed by atoms with Crippen molar-refractivity contribution in [1.29, 1.82) is 0 Å². The fourth-order valence-electron chi connectivity index (χ4n) is 0.136. The van der Waals surface area contributed by atoms with Crippen LogP contribution in [0.2, 0.25) is 0 Å². The predicted molar refractivity (Wildman–Crippen MR) is 19.0 cm³/mol. The van der Waals surface area contributed by atoms with Crippen LogP contribution in [-0.4, -0.2) is 29.1 Å². The van der Waals surface area contributed by atoms with Crippen LogP contribution in [0.1, 0.15) is 0 Å². The molecule has 0 saturated carbocycles. The molecule has 0 aliphatic carbocycles. The first-order valence-corrected chi connectivity index (χ1v) is 3.60. The van der Waals surface area contributed by atoms with Crippen molar-refractivity contribution >= 4 is 20.7 Å². The summed E-state index contributed by atoms with van der Waals surface area (Å²) in [4.78, 5) is 0. The van der Waals surface area contributed by atoms with E-state index in [2.05, 4.69) is 8.42 Å². The second-order valence-electron chi connectivity index (χ2n) is 0.588. The van der Waals surface area contributed by atoms with Gasteiger partial charge in [0, 0.05) is 0 Å². The van der Waals surface area contributed by atoms with Crippen molar-refractivity contribution in [2.75, 3.05) is 0 Å². The molecule has 0 amide bonds. The zero-order valence-corrected chi connectivity index (χ0v) is 4.79. The molecule has 2 nitrogen and oxygen atoms in total. The summed E-state index contributed by atoms with van der Waals surface area (Å²) in [6.45, 7) is 0. The quantitative estimate of drug-likeness (QED) is 0.506. The Balaban J connectivity index is 3.13. The molecule has 0 atom stereocenters. The molecule has 0 aromatic carbocycles. The summed E-state index contributed by atoms with van der Waals surface area (Å²) in [6, 6.07) is 0. The van der Waals surface area contributed by atoms with Gasteiger partial charge in [0.2, 0.25) is 0 Å². The van der Waals surface area contributed by atoms with Crippen molar-refractivity contribution in [3.8, 4) is 0 Å². The predicted octanol–water partition coefficient (Wildman–Crippen LogP) is -0.466. The second kappa shape index (κ2) is 1.54. The van der Waals surface area contributed by atoms with Crippen LogP contribution in [0.25, 0.3) is 0 Å². The molecule has 1 heterocycles. The van der Waals surface area contributed by atoms with E-state index < -0.39 is 0 Å². The SMILES string of the molecule is c1c[te]nn1. The molecule has 1 aromatic rings. The van der Waals surface area contributed by atoms with Gasteiger partial charge in [0.1, 0.15) is 0 Å². The Bertz CT molecular complexity index is 64.1. The van der Waals surface area contributed by atoms with Gasteiger partial charge >= 0.3 is 39.4 Å². The third-order valence-electron chi connectivity index (χ3n) is 0.283. The van der Waals surface area contributed by atoms with E-state index in [1.807, 2.05) is 4.08 Å². The molecule has 3 heteroatoms. The van der Waals surface area contributed by atoms with Gasteiger partial charge in [0.15, 0.2) is 0 Å². The van der Waals surface area contributed by atoms with E-state index in [0.29, 0.717) is 0 Å². The van der Waals surface area contributed by atoms with Crippen LogP contribution in [0.15, 0.2) is 10.3 Å². The van der Waals surface area contributed by atoms with Crippen LogP contribution in [0, 0.1) is 0 Å². The first-order valence-electron chi connectivity index (χ1n) is 1.21. The molecular formula is C2H2N2Te. The topological polar surface area (TPSA) is 25.8 Å². The standard InChI is InChI=1S/C2H2N2Te/c1-2-5-4-3-1/h1-2H. The third kappa shape index (κ3) is 0.712. The van der Waals surface area contributed by atoms with Crippen molar-refractivity contribution in [3.05, 3.63) is 10.3 Å². The Morgan fingerprint density at radius 1 is 1.60 bits per heavy atom. The van der Waals surface area contributed by atoms with Crippen LogP contribution >= 0.6 is 0 Å². The number of hydrogen-bond acceptors (Lipinski definition) is 2. The minimum atomic E-state index is -0.118. The molecule has 0 saturated heterocycles. The van der Waals surface area contributed by atoms with Crippen LogP contribution in [0.4, 0.5) is 0 Å². The normalized spacial score (nSPS) is 8.00. The number of nitrogens with zero attached hydrogens (tertiary/aromatic N) is 2. The average molecular weight is 182 g/mol. The van der Waals surface area contributed by atoms with Crippen molar-refractivity contribution in [2.24, 2.45) is 0 Å². The van der Waals surface area contributed by atoms with Gasteiger partial charge in [-0.3, -0.25) is 0 Å². The average Bonchev–Trinajstić information content (AvgIpc) is 1.76. The van der Waals surface area contributed by atoms with Crippen molar-refractivity contribution in [3.63, 3.8) is 0 Å². The van der Waals surface area contributed by atoms with Gasteiger partial charge in [-0.2, -0.15) is 0 Å². The van der Waals surface area contributed by atoms with Crippen LogP contribution in [0.5, 0.6) is 0 Å². The maximum absolute atomic E-state index is 3.73. The zero-order chi connectivity index (χ0) is 3.54. The number of rotatable bonds is 0. The van der Waals surface area contributed by atoms with Crippen molar-refractivity contribution in [2.45, 2.75) is 0 Å². The molecule has 0 radical (unpaired) electrons. The molecule has 0 aliphatic rings. The molecule has 0 unspecified atom stereocenters. The molecular weight excluding hydrogens is 180 g/mol. The Hall–Kier alpha value is 0.130. The third-order valence-corrected chi connectivity index (χ3v) is 1.52. The van der Waals surface area contributed by atoms with Crippen LogP contribution < -0.4 is 0 Å². The molecule has 1 rings (SSSR count). The first kappa shape index (κ1) is 3.32. The van der Waals surface area contributed by atoms with E-state index in [1.165, 1.54) is 0 Å². The van der Waals surface area contributed by atoms with Crippen molar-refractivity contribution < 1.29 is 0 Å². The van der Waals surface area contributed by atoms with Gasteiger partial charge in [-0.05, 0) is 0 Å². The molecule has 0 fully saturated rings. The molecule has 0 bridgehead atoms. The van der Waals surface area contributed by atoms with Gasteiger partial charge in [0.25, 0.3) is 0 Å². The van der Waals surface area contributed by atoms with E-state index in [-0.39, 0.29) is 20.7 Å². The van der Waals surface area contributed by atoms with E-state index >= 15 is 0 Å². The molecule has 26 valence electrons. The van der Waals surface area contributed by atoms with E-state index in [4.69, 9.17) is 0 Å². The molecule has 0 aliphatic heterocycles. The number of aromatic nitrogens is 2. The summed E-state index contributed by atoms with van der Waals surface area (Å²) in [5.74, 6) is 0. The Morgan fingerprint density at radius 3 is 2.80 bits per heavy atom. The fraction of sp³-hybridized carbons (Fsp3) is 0. The minimum absolute atomic E-state index is 0.118. The molecule has 0 N–H and O–H groups in total. The van der Waals surface area contributed by atoms with Crippen LogP contribution in [-0.2, 0) is 0 Å². The van der Waals surface area contributed by atoms with E-state index in [1.54, 1.807) is 6.20 Å². The Kier molecular flexibility index (Phi) is 1.02. The summed E-state index contributed by atoms with van der Waals surface area (Å²) < 4.78 is 5.76. The van der Waals surface area contributed by atoms with Gasteiger partial charge in [0.05, 0.1) is 0 Å². The summed E-state index contributed by atoms with van der Waals surface area (Å²) in [5.41, 5.74) is 0. The zero-order valence-electron chi connectivity index (χ0n) is 2.46. The van der Waals surface area contributed by atoms with Crippen molar-refractivity contribution in [1.82, 2.24) is 8.42 Å². The van der Waals surface area contributed by atoms with Gasteiger partial charge in [-0.15, -0.1) is 0 Å². The fourth-order valence-corrected chi connectivity index (χ4v) is 0.913. The van der Waals surface area contributed by atoms with E-state index in [9.17, 15) is 0 Å². The Morgan fingerprint density at radius 2 is 2.60 bits per heavy atom. The number of hydrogen-bond donors (Lipinski definition) is 0. The van der Waals surface area contributed by atoms with Crippen LogP contribution in [0.3, 0.4) is 0 Å². The molecule has 5 heavy (non-hydrogen) atoms. The summed E-state index contributed by atoms with van der Waals surface area (Å²) in [7, 11) is 0. The maximum atomic E-state index is 3.73. The molecule has 0 spiro atoms. The van der Waals surface area contributed by atoms with Gasteiger partial charge < -0.3 is 0 Å². The molecule has 1 aromatic heterocycles.